The third-order valence-corrected chi connectivity index (χ3v) is 6.41. The second-order valence-corrected chi connectivity index (χ2v) is 10.0. The first-order valence-corrected chi connectivity index (χ1v) is 12.4. The highest BCUT2D eigenvalue weighted by atomic mass is 16.7. The minimum atomic E-state index is -0.330. The Labute approximate surface area is 213 Å². The molecule has 0 aliphatic carbocycles. The van der Waals surface area contributed by atoms with Crippen molar-refractivity contribution in [3.05, 3.63) is 47.2 Å². The number of benzene rings is 1. The van der Waals surface area contributed by atoms with Crippen LogP contribution in [0.2, 0.25) is 0 Å². The Bertz CT molecular complexity index is 1160. The first kappa shape index (κ1) is 25.8. The lowest BCUT2D eigenvalue weighted by Crippen LogP contribution is -2.49. The molecule has 1 N–H and O–H groups in total. The Morgan fingerprint density at radius 2 is 2.00 bits per heavy atom. The molecule has 0 saturated heterocycles. The van der Waals surface area contributed by atoms with E-state index in [4.69, 9.17) is 14.2 Å². The lowest BCUT2D eigenvalue weighted by atomic mass is 9.99. The van der Waals surface area contributed by atoms with Crippen LogP contribution in [0.1, 0.15) is 49.2 Å². The third-order valence-electron chi connectivity index (χ3n) is 6.41. The van der Waals surface area contributed by atoms with Crippen LogP contribution < -0.4 is 14.2 Å². The Balaban J connectivity index is 1.58. The van der Waals surface area contributed by atoms with Gasteiger partial charge < -0.3 is 24.2 Å². The van der Waals surface area contributed by atoms with Crippen LogP contribution in [0.15, 0.2) is 30.5 Å². The molecule has 0 bridgehead atoms. The molecule has 2 aliphatic heterocycles. The van der Waals surface area contributed by atoms with Crippen molar-refractivity contribution in [1.29, 1.82) is 0 Å². The van der Waals surface area contributed by atoms with Crippen molar-refractivity contribution in [2.45, 2.75) is 46.4 Å². The molecule has 0 spiro atoms. The topological polar surface area (TPSA) is 84.4 Å². The van der Waals surface area contributed by atoms with E-state index in [9.17, 15) is 9.90 Å². The van der Waals surface area contributed by atoms with Crippen LogP contribution in [0.4, 0.5) is 0 Å². The number of carbonyl (C=O) groups is 1. The summed E-state index contributed by atoms with van der Waals surface area (Å²) >= 11 is 0. The summed E-state index contributed by atoms with van der Waals surface area (Å²) in [7, 11) is 2.04. The molecule has 0 saturated carbocycles. The van der Waals surface area contributed by atoms with Crippen LogP contribution in [0.3, 0.4) is 0 Å². The molecule has 2 aromatic rings. The Kier molecular flexibility index (Phi) is 8.02. The molecule has 8 heteroatoms. The zero-order chi connectivity index (χ0) is 25.8. The third kappa shape index (κ3) is 5.92. The number of carbonyl (C=O) groups excluding carboxylic acids is 1. The van der Waals surface area contributed by atoms with E-state index in [0.29, 0.717) is 36.6 Å². The van der Waals surface area contributed by atoms with Gasteiger partial charge in [-0.2, -0.15) is 0 Å². The van der Waals surface area contributed by atoms with E-state index in [1.54, 1.807) is 17.2 Å². The minimum Gasteiger partial charge on any atom is -0.472 e. The highest BCUT2D eigenvalue weighted by molar-refractivity contribution is 5.97. The highest BCUT2D eigenvalue weighted by Crippen LogP contribution is 2.33. The van der Waals surface area contributed by atoms with Gasteiger partial charge in [0.2, 0.25) is 12.7 Å². The number of fused-ring (bicyclic) bond motifs is 2. The SMILES string of the molecule is CC(C)C#Cc1cnc2c(c1)C(=O)N([C@H](C)CO)C[C@H](C)[C@@H](CN(C)Cc1ccc3c(c1)OCO3)O2. The highest BCUT2D eigenvalue weighted by Gasteiger charge is 2.34. The molecule has 4 rings (SSSR count). The van der Waals surface area contributed by atoms with Crippen molar-refractivity contribution in [2.24, 2.45) is 11.8 Å². The van der Waals surface area contributed by atoms with Crippen LogP contribution in [0.5, 0.6) is 17.4 Å². The van der Waals surface area contributed by atoms with Gasteiger partial charge in [0.05, 0.1) is 12.6 Å². The molecule has 0 fully saturated rings. The van der Waals surface area contributed by atoms with Gasteiger partial charge in [0, 0.05) is 43.2 Å². The number of rotatable bonds is 6. The fourth-order valence-corrected chi connectivity index (χ4v) is 4.34. The maximum atomic E-state index is 13.5. The van der Waals surface area contributed by atoms with E-state index in [2.05, 4.69) is 28.6 Å². The molecule has 1 aromatic heterocycles. The predicted molar refractivity (Wildman–Crippen MR) is 136 cm³/mol. The van der Waals surface area contributed by atoms with E-state index < -0.39 is 0 Å². The maximum absolute atomic E-state index is 13.5. The average molecular weight is 494 g/mol. The van der Waals surface area contributed by atoms with Gasteiger partial charge in [-0.15, -0.1) is 0 Å². The van der Waals surface area contributed by atoms with Crippen molar-refractivity contribution in [3.63, 3.8) is 0 Å². The molecule has 192 valence electrons. The minimum absolute atomic E-state index is 0.0116. The fraction of sp³-hybridized carbons (Fsp3) is 0.500. The van der Waals surface area contributed by atoms with Crippen LogP contribution in [-0.2, 0) is 6.54 Å². The summed E-state index contributed by atoms with van der Waals surface area (Å²) in [5.74, 6) is 8.05. The Morgan fingerprint density at radius 3 is 2.75 bits per heavy atom. The van der Waals surface area contributed by atoms with Crippen molar-refractivity contribution < 1.29 is 24.1 Å². The molecule has 36 heavy (non-hydrogen) atoms. The maximum Gasteiger partial charge on any atom is 0.259 e. The lowest BCUT2D eigenvalue weighted by molar-refractivity contribution is 0.0325. The quantitative estimate of drug-likeness (QED) is 0.619. The molecule has 8 nitrogen and oxygen atoms in total. The number of pyridine rings is 1. The predicted octanol–water partition coefficient (Wildman–Crippen LogP) is 3.17. The van der Waals surface area contributed by atoms with Gasteiger partial charge in [-0.05, 0) is 37.7 Å². The van der Waals surface area contributed by atoms with E-state index in [-0.39, 0.29) is 43.3 Å². The lowest BCUT2D eigenvalue weighted by Gasteiger charge is -2.37. The number of ether oxygens (including phenoxy) is 3. The largest absolute Gasteiger partial charge is 0.472 e. The van der Waals surface area contributed by atoms with Gasteiger partial charge in [0.15, 0.2) is 11.5 Å². The zero-order valence-electron chi connectivity index (χ0n) is 21.7. The van der Waals surface area contributed by atoms with Gasteiger partial charge in [-0.25, -0.2) is 4.98 Å². The number of amides is 1. The number of hydrogen-bond donors (Lipinski definition) is 1. The van der Waals surface area contributed by atoms with Crippen LogP contribution in [-0.4, -0.2) is 71.5 Å². The second-order valence-electron chi connectivity index (χ2n) is 10.0. The average Bonchev–Trinajstić information content (AvgIpc) is 3.32. The van der Waals surface area contributed by atoms with Gasteiger partial charge in [0.25, 0.3) is 5.91 Å². The molecule has 2 aliphatic rings. The number of aliphatic hydroxyl groups is 1. The smallest absolute Gasteiger partial charge is 0.259 e. The summed E-state index contributed by atoms with van der Waals surface area (Å²) in [5, 5.41) is 9.85. The van der Waals surface area contributed by atoms with Gasteiger partial charge in [-0.1, -0.05) is 38.7 Å². The van der Waals surface area contributed by atoms with Gasteiger partial charge >= 0.3 is 0 Å². The van der Waals surface area contributed by atoms with E-state index >= 15 is 0 Å². The summed E-state index contributed by atoms with van der Waals surface area (Å²) in [6.07, 6.45) is 1.44. The second kappa shape index (κ2) is 11.2. The van der Waals surface area contributed by atoms with E-state index in [1.807, 2.05) is 46.0 Å². The summed E-state index contributed by atoms with van der Waals surface area (Å²) in [5.41, 5.74) is 2.15. The summed E-state index contributed by atoms with van der Waals surface area (Å²) in [6, 6.07) is 7.39. The number of aliphatic hydroxyl groups excluding tert-OH is 1. The monoisotopic (exact) mass is 493 g/mol. The van der Waals surface area contributed by atoms with E-state index in [1.165, 1.54) is 0 Å². The first-order valence-electron chi connectivity index (χ1n) is 12.4. The molecule has 3 atom stereocenters. The Hall–Kier alpha value is -3.28. The number of nitrogens with zero attached hydrogens (tertiary/aromatic N) is 3. The zero-order valence-corrected chi connectivity index (χ0v) is 21.7. The number of likely N-dealkylation sites (N-methyl/N-ethyl adjacent to an activating group) is 1. The molecule has 1 aromatic carbocycles. The van der Waals surface area contributed by atoms with Crippen LogP contribution in [0, 0.1) is 23.7 Å². The van der Waals surface area contributed by atoms with Gasteiger partial charge in [-0.3, -0.25) is 9.69 Å². The molecular formula is C28H35N3O5. The van der Waals surface area contributed by atoms with Crippen LogP contribution >= 0.6 is 0 Å². The number of aromatic nitrogens is 1. The fourth-order valence-electron chi connectivity index (χ4n) is 4.34. The molecule has 3 heterocycles. The summed E-state index contributed by atoms with van der Waals surface area (Å²) < 4.78 is 17.3. The van der Waals surface area contributed by atoms with Crippen molar-refractivity contribution in [2.75, 3.05) is 33.5 Å². The Morgan fingerprint density at radius 1 is 1.22 bits per heavy atom. The van der Waals surface area contributed by atoms with Crippen LogP contribution in [0.25, 0.3) is 0 Å². The van der Waals surface area contributed by atoms with Crippen molar-refractivity contribution in [3.8, 4) is 29.2 Å². The molecular weight excluding hydrogens is 458 g/mol. The number of hydrogen-bond acceptors (Lipinski definition) is 7. The van der Waals surface area contributed by atoms with Crippen molar-refractivity contribution in [1.82, 2.24) is 14.8 Å². The standard InChI is InChI=1S/C28H35N3O5/c1-18(2)6-7-21-10-23-27(29-12-21)36-26(19(3)13-31(28(23)33)20(4)16-32)15-30(5)14-22-8-9-24-25(11-22)35-17-34-24/h8-12,18-20,26,32H,13-17H2,1-5H3/t19-,20+,26+/m0/s1. The van der Waals surface area contributed by atoms with Gasteiger partial charge in [0.1, 0.15) is 11.7 Å². The molecule has 1 amide bonds. The van der Waals surface area contributed by atoms with Crippen molar-refractivity contribution >= 4 is 5.91 Å². The molecule has 0 unspecified atom stereocenters. The first-order chi connectivity index (χ1) is 17.2. The molecule has 0 radical (unpaired) electrons. The van der Waals surface area contributed by atoms with E-state index in [0.717, 1.165) is 17.1 Å². The summed E-state index contributed by atoms with van der Waals surface area (Å²) in [6.45, 7) is 9.86. The summed E-state index contributed by atoms with van der Waals surface area (Å²) in [4.78, 5) is 21.9. The normalized spacial score (nSPS) is 19.8.